The van der Waals surface area contributed by atoms with Gasteiger partial charge in [0.05, 0.1) is 23.6 Å². The van der Waals surface area contributed by atoms with Crippen LogP contribution in [-0.2, 0) is 0 Å². The number of nitrogens with two attached hydrogens (primary N) is 1. The lowest BCUT2D eigenvalue weighted by atomic mass is 10.2. The van der Waals surface area contributed by atoms with Crippen LogP contribution in [0.5, 0.6) is 0 Å². The monoisotopic (exact) mass is 231 g/mol. The Hall–Kier alpha value is -2.37. The van der Waals surface area contributed by atoms with Gasteiger partial charge in [-0.15, -0.1) is 0 Å². The minimum atomic E-state index is -0.243. The topological polar surface area (TPSA) is 96.7 Å². The first-order chi connectivity index (χ1) is 8.08. The van der Waals surface area contributed by atoms with Crippen LogP contribution in [0.2, 0.25) is 0 Å². The van der Waals surface area contributed by atoms with Gasteiger partial charge < -0.3 is 11.1 Å². The van der Waals surface area contributed by atoms with E-state index in [0.29, 0.717) is 17.1 Å². The predicted octanol–water partition coefficient (Wildman–Crippen LogP) is 1.26. The molecule has 4 N–H and O–H groups in total. The summed E-state index contributed by atoms with van der Waals surface area (Å²) in [4.78, 5) is 15.9. The number of pyridine rings is 1. The minimum absolute atomic E-state index is 0.243. The summed E-state index contributed by atoms with van der Waals surface area (Å²) in [7, 11) is 0. The fourth-order valence-electron chi connectivity index (χ4n) is 1.40. The van der Waals surface area contributed by atoms with Crippen molar-refractivity contribution in [3.05, 3.63) is 35.3 Å². The van der Waals surface area contributed by atoms with Crippen LogP contribution >= 0.6 is 0 Å². The molecule has 0 bridgehead atoms. The normalized spacial score (nSPS) is 10.2. The molecule has 2 aromatic rings. The second kappa shape index (κ2) is 4.25. The van der Waals surface area contributed by atoms with Crippen LogP contribution in [0, 0.1) is 13.8 Å². The first-order valence-corrected chi connectivity index (χ1v) is 5.11. The van der Waals surface area contributed by atoms with Gasteiger partial charge >= 0.3 is 0 Å². The third-order valence-corrected chi connectivity index (χ3v) is 2.47. The van der Waals surface area contributed by atoms with Gasteiger partial charge in [0.15, 0.2) is 0 Å². The van der Waals surface area contributed by atoms with Gasteiger partial charge in [0.1, 0.15) is 5.82 Å². The summed E-state index contributed by atoms with van der Waals surface area (Å²) in [6.07, 6.45) is 3.00. The van der Waals surface area contributed by atoms with Gasteiger partial charge in [0, 0.05) is 5.69 Å². The Bertz CT molecular complexity index is 561. The van der Waals surface area contributed by atoms with E-state index in [0.717, 1.165) is 11.3 Å². The molecule has 17 heavy (non-hydrogen) atoms. The van der Waals surface area contributed by atoms with Gasteiger partial charge in [-0.25, -0.2) is 4.98 Å². The van der Waals surface area contributed by atoms with Crippen LogP contribution in [0.15, 0.2) is 18.5 Å². The number of aromatic amines is 1. The fraction of sp³-hybridized carbons (Fsp3) is 0.182. The van der Waals surface area contributed by atoms with Crippen molar-refractivity contribution in [1.29, 1.82) is 0 Å². The van der Waals surface area contributed by atoms with Crippen molar-refractivity contribution in [3.8, 4) is 0 Å². The van der Waals surface area contributed by atoms with Crippen LogP contribution in [0.1, 0.15) is 21.6 Å². The Kier molecular flexibility index (Phi) is 2.78. The van der Waals surface area contributed by atoms with Crippen molar-refractivity contribution in [1.82, 2.24) is 15.2 Å². The van der Waals surface area contributed by atoms with E-state index >= 15 is 0 Å². The maximum Gasteiger partial charge on any atom is 0.260 e. The Balaban J connectivity index is 2.19. The van der Waals surface area contributed by atoms with Crippen LogP contribution in [0.25, 0.3) is 0 Å². The van der Waals surface area contributed by atoms with Gasteiger partial charge in [0.2, 0.25) is 0 Å². The number of hydrogen-bond acceptors (Lipinski definition) is 4. The first-order valence-electron chi connectivity index (χ1n) is 5.11. The van der Waals surface area contributed by atoms with Crippen molar-refractivity contribution >= 4 is 17.4 Å². The summed E-state index contributed by atoms with van der Waals surface area (Å²) in [5.74, 6) is 0.232. The van der Waals surface area contributed by atoms with Crippen molar-refractivity contribution in [2.24, 2.45) is 0 Å². The molecule has 0 saturated heterocycles. The van der Waals surface area contributed by atoms with Crippen molar-refractivity contribution in [2.45, 2.75) is 13.8 Å². The molecule has 88 valence electrons. The highest BCUT2D eigenvalue weighted by Gasteiger charge is 2.11. The molecule has 2 aromatic heterocycles. The zero-order valence-corrected chi connectivity index (χ0v) is 9.61. The van der Waals surface area contributed by atoms with E-state index in [4.69, 9.17) is 5.73 Å². The Morgan fingerprint density at radius 1 is 1.41 bits per heavy atom. The van der Waals surface area contributed by atoms with Gasteiger partial charge in [-0.05, 0) is 25.5 Å². The molecule has 0 aliphatic heterocycles. The second-order valence-corrected chi connectivity index (χ2v) is 3.79. The average molecular weight is 231 g/mol. The van der Waals surface area contributed by atoms with Gasteiger partial charge in [0.25, 0.3) is 5.91 Å². The highest BCUT2D eigenvalue weighted by Crippen LogP contribution is 2.14. The third-order valence-electron chi connectivity index (χ3n) is 2.47. The molecule has 0 radical (unpaired) electrons. The number of nitrogens with zero attached hydrogens (tertiary/aromatic N) is 2. The molecule has 2 rings (SSSR count). The molecule has 6 nitrogen and oxygen atoms in total. The Morgan fingerprint density at radius 2 is 2.18 bits per heavy atom. The molecule has 0 aromatic carbocycles. The van der Waals surface area contributed by atoms with Gasteiger partial charge in [-0.1, -0.05) is 0 Å². The minimum Gasteiger partial charge on any atom is -0.397 e. The summed E-state index contributed by atoms with van der Waals surface area (Å²) in [6, 6.07) is 1.72. The molecule has 0 aliphatic carbocycles. The van der Waals surface area contributed by atoms with E-state index in [-0.39, 0.29) is 5.91 Å². The maximum atomic E-state index is 11.8. The fourth-order valence-corrected chi connectivity index (χ4v) is 1.40. The van der Waals surface area contributed by atoms with Gasteiger partial charge in [-0.2, -0.15) is 5.10 Å². The van der Waals surface area contributed by atoms with Crippen LogP contribution < -0.4 is 11.1 Å². The van der Waals surface area contributed by atoms with Crippen molar-refractivity contribution in [3.63, 3.8) is 0 Å². The summed E-state index contributed by atoms with van der Waals surface area (Å²) in [5.41, 5.74) is 8.34. The second-order valence-electron chi connectivity index (χ2n) is 3.79. The molecule has 0 unspecified atom stereocenters. The SMILES string of the molecule is Cc1cc(NC(=O)c2cn[nH]c2C)ncc1N. The molecule has 6 heteroatoms. The van der Waals surface area contributed by atoms with Crippen LogP contribution in [-0.4, -0.2) is 21.1 Å². The molecule has 0 fully saturated rings. The number of hydrogen-bond donors (Lipinski definition) is 3. The molecule has 1 amide bonds. The maximum absolute atomic E-state index is 11.8. The van der Waals surface area contributed by atoms with Crippen LogP contribution in [0.3, 0.4) is 0 Å². The molecule has 0 saturated carbocycles. The third kappa shape index (κ3) is 2.25. The van der Waals surface area contributed by atoms with E-state index in [1.165, 1.54) is 12.4 Å². The Morgan fingerprint density at radius 3 is 2.76 bits per heavy atom. The molecular weight excluding hydrogens is 218 g/mol. The predicted molar refractivity (Wildman–Crippen MR) is 64.7 cm³/mol. The standard InChI is InChI=1S/C11H13N5O/c1-6-3-10(13-5-9(6)12)15-11(17)8-4-14-16-7(8)2/h3-5H,12H2,1-2H3,(H,14,16)(H,13,15,17). The smallest absolute Gasteiger partial charge is 0.260 e. The lowest BCUT2D eigenvalue weighted by molar-refractivity contribution is 0.102. The lowest BCUT2D eigenvalue weighted by Gasteiger charge is -2.05. The van der Waals surface area contributed by atoms with Crippen molar-refractivity contribution < 1.29 is 4.79 Å². The molecule has 0 aliphatic rings. The average Bonchev–Trinajstić information content (AvgIpc) is 2.70. The number of carbonyl (C=O) groups is 1. The summed E-state index contributed by atoms with van der Waals surface area (Å²) >= 11 is 0. The van der Waals surface area contributed by atoms with E-state index in [9.17, 15) is 4.79 Å². The number of amides is 1. The summed E-state index contributed by atoms with van der Waals surface area (Å²) < 4.78 is 0. The number of nitrogens with one attached hydrogen (secondary N) is 2. The first kappa shape index (κ1) is 11.1. The number of aryl methyl sites for hydroxylation is 2. The highest BCUT2D eigenvalue weighted by molar-refractivity contribution is 6.04. The summed E-state index contributed by atoms with van der Waals surface area (Å²) in [6.45, 7) is 3.64. The van der Waals surface area contributed by atoms with E-state index < -0.39 is 0 Å². The number of anilines is 2. The zero-order valence-electron chi connectivity index (χ0n) is 9.61. The molecule has 0 spiro atoms. The van der Waals surface area contributed by atoms with Gasteiger partial charge in [-0.3, -0.25) is 9.89 Å². The van der Waals surface area contributed by atoms with Crippen LogP contribution in [0.4, 0.5) is 11.5 Å². The number of carbonyl (C=O) groups excluding carboxylic acids is 1. The number of aromatic nitrogens is 3. The van der Waals surface area contributed by atoms with Crippen molar-refractivity contribution in [2.75, 3.05) is 11.1 Å². The number of H-pyrrole nitrogens is 1. The largest absolute Gasteiger partial charge is 0.397 e. The highest BCUT2D eigenvalue weighted by atomic mass is 16.1. The number of nitrogen functional groups attached to an aromatic ring is 1. The molecular formula is C11H13N5O. The molecule has 0 atom stereocenters. The lowest BCUT2D eigenvalue weighted by Crippen LogP contribution is -2.13. The molecule has 2 heterocycles. The quantitative estimate of drug-likeness (QED) is 0.724. The summed E-state index contributed by atoms with van der Waals surface area (Å²) in [5, 5.41) is 9.18. The zero-order chi connectivity index (χ0) is 12.4. The van der Waals surface area contributed by atoms with E-state index in [1.54, 1.807) is 13.0 Å². The number of rotatable bonds is 2. The Labute approximate surface area is 98.3 Å². The van der Waals surface area contributed by atoms with E-state index in [1.807, 2.05) is 6.92 Å². The van der Waals surface area contributed by atoms with E-state index in [2.05, 4.69) is 20.5 Å².